The number of furan rings is 1. The van der Waals surface area contributed by atoms with Gasteiger partial charge in [0.15, 0.2) is 5.76 Å². The van der Waals surface area contributed by atoms with Crippen LogP contribution in [0.25, 0.3) is 11.1 Å². The molecule has 0 saturated carbocycles. The molecule has 7 heteroatoms. The van der Waals surface area contributed by atoms with Crippen LogP contribution < -0.4 is 0 Å². The predicted octanol–water partition coefficient (Wildman–Crippen LogP) is 5.50. The summed E-state index contributed by atoms with van der Waals surface area (Å²) in [5.74, 6) is -1.53. The summed E-state index contributed by atoms with van der Waals surface area (Å²) in [7, 11) is 0. The summed E-state index contributed by atoms with van der Waals surface area (Å²) in [6.45, 7) is 5.28. The fourth-order valence-corrected chi connectivity index (χ4v) is 4.57. The van der Waals surface area contributed by atoms with Crippen LogP contribution in [0.1, 0.15) is 60.2 Å². The number of hydrogen-bond acceptors (Lipinski definition) is 6. The van der Waals surface area contributed by atoms with Gasteiger partial charge >= 0.3 is 6.09 Å². The summed E-state index contributed by atoms with van der Waals surface area (Å²) in [6, 6.07) is 18.2. The number of benzene rings is 2. The average Bonchev–Trinajstić information content (AvgIpc) is 3.44. The van der Waals surface area contributed by atoms with Crippen molar-refractivity contribution < 1.29 is 28.6 Å². The van der Waals surface area contributed by atoms with E-state index in [-0.39, 0.29) is 12.4 Å². The standard InChI is InChI=1S/C29H31NO6/c1-18-10-9-13-22(16-18)23-17-25(35-24(23)14-7-8-15-31)26(32)19(2)28(33)30-20(3)27(36-29(30)34)21-11-5-4-6-12-21/h4-6,9-13,16-17,19-20,27,31H,7-8,14-15H2,1-3H3/t19-,20-,27-/m1/s1. The Morgan fingerprint density at radius 1 is 1.06 bits per heavy atom. The molecule has 1 fully saturated rings. The van der Waals surface area contributed by atoms with E-state index in [1.54, 1.807) is 13.0 Å². The first-order valence-electron chi connectivity index (χ1n) is 12.2. The summed E-state index contributed by atoms with van der Waals surface area (Å²) in [4.78, 5) is 40.3. The number of hydrogen-bond donors (Lipinski definition) is 1. The third kappa shape index (κ3) is 5.11. The zero-order chi connectivity index (χ0) is 25.8. The maximum absolute atomic E-state index is 13.4. The van der Waals surface area contributed by atoms with E-state index >= 15 is 0 Å². The molecule has 0 spiro atoms. The SMILES string of the molecule is Cc1cccc(-c2cc(C(=O)[C@@H](C)C(=O)N3C(=O)O[C@@H](c4ccccc4)[C@H]3C)oc2CCCCO)c1. The molecule has 0 unspecified atom stereocenters. The van der Waals surface area contributed by atoms with Crippen molar-refractivity contribution in [2.45, 2.75) is 52.2 Å². The normalized spacial score (nSPS) is 18.2. The zero-order valence-corrected chi connectivity index (χ0v) is 20.8. The van der Waals surface area contributed by atoms with Crippen molar-refractivity contribution in [1.29, 1.82) is 0 Å². The summed E-state index contributed by atoms with van der Waals surface area (Å²) in [6.07, 6.45) is 0.505. The maximum Gasteiger partial charge on any atom is 0.417 e. The number of rotatable bonds is 9. The molecule has 1 aliphatic rings. The number of aliphatic hydroxyl groups is 1. The van der Waals surface area contributed by atoms with E-state index in [9.17, 15) is 14.4 Å². The molecule has 3 atom stereocenters. The number of Topliss-reactive ketones (excluding diaryl/α,β-unsaturated/α-hetero) is 1. The van der Waals surface area contributed by atoms with Crippen LogP contribution in [0.2, 0.25) is 0 Å². The summed E-state index contributed by atoms with van der Waals surface area (Å²) in [5.41, 5.74) is 3.56. The Morgan fingerprint density at radius 3 is 2.50 bits per heavy atom. The molecule has 1 aliphatic heterocycles. The lowest BCUT2D eigenvalue weighted by Gasteiger charge is -2.21. The predicted molar refractivity (Wildman–Crippen MR) is 134 cm³/mol. The molecule has 1 N–H and O–H groups in total. The van der Waals surface area contributed by atoms with Crippen molar-refractivity contribution in [2.24, 2.45) is 5.92 Å². The van der Waals surface area contributed by atoms with Gasteiger partial charge in [-0.25, -0.2) is 9.69 Å². The van der Waals surface area contributed by atoms with Crippen LogP contribution in [-0.4, -0.2) is 40.4 Å². The van der Waals surface area contributed by atoms with Crippen LogP contribution >= 0.6 is 0 Å². The van der Waals surface area contributed by atoms with E-state index in [0.717, 1.165) is 27.2 Å². The number of aliphatic hydroxyl groups excluding tert-OH is 1. The van der Waals surface area contributed by atoms with Crippen LogP contribution in [0.15, 0.2) is 65.1 Å². The number of carbonyl (C=O) groups excluding carboxylic acids is 3. The lowest BCUT2D eigenvalue weighted by Crippen LogP contribution is -2.43. The first-order chi connectivity index (χ1) is 17.3. The highest BCUT2D eigenvalue weighted by atomic mass is 16.6. The van der Waals surface area contributed by atoms with Crippen molar-refractivity contribution in [3.05, 3.63) is 83.3 Å². The molecule has 0 bridgehead atoms. The van der Waals surface area contributed by atoms with E-state index in [2.05, 4.69) is 0 Å². The second-order valence-corrected chi connectivity index (χ2v) is 9.25. The fourth-order valence-electron chi connectivity index (χ4n) is 4.57. The largest absolute Gasteiger partial charge is 0.457 e. The molecular formula is C29H31NO6. The molecular weight excluding hydrogens is 458 g/mol. The van der Waals surface area contributed by atoms with Gasteiger partial charge in [0.2, 0.25) is 11.7 Å². The van der Waals surface area contributed by atoms with Gasteiger partial charge in [-0.1, -0.05) is 60.2 Å². The summed E-state index contributed by atoms with van der Waals surface area (Å²) in [5, 5.41) is 9.17. The average molecular weight is 490 g/mol. The van der Waals surface area contributed by atoms with Crippen molar-refractivity contribution in [1.82, 2.24) is 4.90 Å². The number of unbranched alkanes of at least 4 members (excludes halogenated alkanes) is 1. The van der Waals surface area contributed by atoms with Crippen LogP contribution in [0.3, 0.4) is 0 Å². The van der Waals surface area contributed by atoms with Gasteiger partial charge in [-0.2, -0.15) is 0 Å². The van der Waals surface area contributed by atoms with Crippen LogP contribution in [0.4, 0.5) is 4.79 Å². The Balaban J connectivity index is 1.57. The lowest BCUT2D eigenvalue weighted by atomic mass is 9.98. The Bertz CT molecular complexity index is 1250. The number of carbonyl (C=O) groups is 3. The van der Waals surface area contributed by atoms with Gasteiger partial charge in [0, 0.05) is 18.6 Å². The monoisotopic (exact) mass is 489 g/mol. The number of nitrogens with zero attached hydrogens (tertiary/aromatic N) is 1. The van der Waals surface area contributed by atoms with Gasteiger partial charge in [0.05, 0.1) is 6.04 Å². The molecule has 1 saturated heterocycles. The van der Waals surface area contributed by atoms with Gasteiger partial charge in [0.1, 0.15) is 17.8 Å². The summed E-state index contributed by atoms with van der Waals surface area (Å²) < 4.78 is 11.5. The van der Waals surface area contributed by atoms with Gasteiger partial charge in [-0.15, -0.1) is 0 Å². The molecule has 0 aliphatic carbocycles. The Labute approximate surface area is 210 Å². The van der Waals surface area contributed by atoms with E-state index in [4.69, 9.17) is 14.3 Å². The highest BCUT2D eigenvalue weighted by Gasteiger charge is 2.46. The van der Waals surface area contributed by atoms with Crippen LogP contribution in [-0.2, 0) is 16.0 Å². The van der Waals surface area contributed by atoms with Crippen molar-refractivity contribution in [2.75, 3.05) is 6.61 Å². The first kappa shape index (κ1) is 25.4. The second kappa shape index (κ2) is 10.9. The van der Waals surface area contributed by atoms with Crippen molar-refractivity contribution in [3.8, 4) is 11.1 Å². The molecule has 2 aromatic carbocycles. The van der Waals surface area contributed by atoms with Gasteiger partial charge in [0.25, 0.3) is 0 Å². The number of ketones is 1. The van der Waals surface area contributed by atoms with Crippen LogP contribution in [0.5, 0.6) is 0 Å². The lowest BCUT2D eigenvalue weighted by molar-refractivity contribution is -0.131. The molecule has 1 aromatic heterocycles. The molecule has 0 radical (unpaired) electrons. The molecule has 2 heterocycles. The van der Waals surface area contributed by atoms with E-state index in [1.165, 1.54) is 6.92 Å². The van der Waals surface area contributed by atoms with Gasteiger partial charge < -0.3 is 14.3 Å². The second-order valence-electron chi connectivity index (χ2n) is 9.25. The number of cyclic esters (lactones) is 1. The molecule has 7 nitrogen and oxygen atoms in total. The highest BCUT2D eigenvalue weighted by Crippen LogP contribution is 2.35. The quantitative estimate of drug-likeness (QED) is 0.242. The number of amides is 2. The Kier molecular flexibility index (Phi) is 7.70. The topological polar surface area (TPSA) is 97.1 Å². The van der Waals surface area contributed by atoms with Gasteiger partial charge in [-0.3, -0.25) is 9.59 Å². The van der Waals surface area contributed by atoms with Crippen molar-refractivity contribution in [3.63, 3.8) is 0 Å². The molecule has 2 amide bonds. The Hall–Kier alpha value is -3.71. The molecule has 4 rings (SSSR count). The minimum absolute atomic E-state index is 0.0752. The minimum Gasteiger partial charge on any atom is -0.457 e. The smallest absolute Gasteiger partial charge is 0.417 e. The van der Waals surface area contributed by atoms with Crippen LogP contribution in [0, 0.1) is 12.8 Å². The number of ether oxygens (including phenoxy) is 1. The molecule has 188 valence electrons. The van der Waals surface area contributed by atoms with Crippen molar-refractivity contribution >= 4 is 17.8 Å². The Morgan fingerprint density at radius 2 is 1.81 bits per heavy atom. The molecule has 3 aromatic rings. The van der Waals surface area contributed by atoms with E-state index in [0.29, 0.717) is 25.0 Å². The third-order valence-corrected chi connectivity index (χ3v) is 6.59. The summed E-state index contributed by atoms with van der Waals surface area (Å²) >= 11 is 0. The number of aryl methyl sites for hydroxylation is 2. The fraction of sp³-hybridized carbons (Fsp3) is 0.345. The van der Waals surface area contributed by atoms with Gasteiger partial charge in [-0.05, 0) is 50.8 Å². The zero-order valence-electron chi connectivity index (χ0n) is 20.8. The third-order valence-electron chi connectivity index (χ3n) is 6.59. The maximum atomic E-state index is 13.4. The highest BCUT2D eigenvalue weighted by molar-refractivity contribution is 6.12. The number of imide groups is 1. The minimum atomic E-state index is -1.13. The van der Waals surface area contributed by atoms with E-state index < -0.39 is 35.8 Å². The first-order valence-corrected chi connectivity index (χ1v) is 12.2. The van der Waals surface area contributed by atoms with E-state index in [1.807, 2.05) is 61.5 Å². The molecule has 36 heavy (non-hydrogen) atoms.